The van der Waals surface area contributed by atoms with Crippen LogP contribution in [-0.2, 0) is 14.2 Å². The highest BCUT2D eigenvalue weighted by molar-refractivity contribution is 6.35. The Morgan fingerprint density at radius 2 is 1.58 bits per heavy atom. The van der Waals surface area contributed by atoms with E-state index in [9.17, 15) is 10.2 Å². The number of benzene rings is 2. The van der Waals surface area contributed by atoms with Crippen LogP contribution in [0.5, 0.6) is 0 Å². The SMILES string of the molecule is C.CC1(C)OCC(N)CO1.Nc1cc(Cl)c2ccc(-c3ccnn3C3CCCCO3)cc2n1.Nc1cc(NC(CO)CO)c2ccc(-c3ccn[nH]3)cc2n1. The first-order valence-corrected chi connectivity index (χ1v) is 18.1. The maximum atomic E-state index is 9.22. The van der Waals surface area contributed by atoms with Gasteiger partial charge in [0.25, 0.3) is 0 Å². The number of aliphatic hydroxyl groups excluding tert-OH is 2. The Hall–Kier alpha value is -4.87. The molecule has 2 fully saturated rings. The lowest BCUT2D eigenvalue weighted by molar-refractivity contribution is -0.249. The molecule has 15 nitrogen and oxygen atoms in total. The number of fused-ring (bicyclic) bond motifs is 2. The van der Waals surface area contributed by atoms with Crippen LogP contribution in [0, 0.1) is 0 Å². The predicted molar refractivity (Wildman–Crippen MR) is 217 cm³/mol. The predicted octanol–water partition coefficient (Wildman–Crippen LogP) is 5.74. The third-order valence-electron chi connectivity index (χ3n) is 8.91. The summed E-state index contributed by atoms with van der Waals surface area (Å²) in [5, 5.41) is 35.2. The summed E-state index contributed by atoms with van der Waals surface area (Å²) in [7, 11) is 0. The first kappa shape index (κ1) is 41.3. The first-order chi connectivity index (χ1) is 26.0. The molecule has 4 aromatic heterocycles. The highest BCUT2D eigenvalue weighted by Crippen LogP contribution is 2.32. The van der Waals surface area contributed by atoms with Gasteiger partial charge in [-0.1, -0.05) is 43.3 Å². The van der Waals surface area contributed by atoms with Crippen LogP contribution in [-0.4, -0.2) is 91.1 Å². The quantitative estimate of drug-likeness (QED) is 0.103. The number of nitrogens with zero attached hydrogens (tertiary/aromatic N) is 5. The molecule has 16 heteroatoms. The molecule has 0 amide bonds. The molecule has 2 aliphatic rings. The summed E-state index contributed by atoms with van der Waals surface area (Å²) in [6, 6.07) is 18.6. The number of nitrogens with one attached hydrogen (secondary N) is 2. The van der Waals surface area contributed by atoms with E-state index in [-0.39, 0.29) is 32.9 Å². The molecule has 2 saturated heterocycles. The highest BCUT2D eigenvalue weighted by atomic mass is 35.5. The van der Waals surface area contributed by atoms with Gasteiger partial charge in [-0.2, -0.15) is 10.2 Å². The molecule has 6 heterocycles. The van der Waals surface area contributed by atoms with Crippen molar-refractivity contribution in [3.05, 3.63) is 78.1 Å². The smallest absolute Gasteiger partial charge is 0.162 e. The number of hydrogen-bond acceptors (Lipinski definition) is 13. The van der Waals surface area contributed by atoms with Crippen molar-refractivity contribution < 1.29 is 24.4 Å². The van der Waals surface area contributed by atoms with Crippen molar-refractivity contribution in [1.29, 1.82) is 0 Å². The van der Waals surface area contributed by atoms with Gasteiger partial charge in [-0.25, -0.2) is 14.6 Å². The normalized spacial score (nSPS) is 16.8. The number of pyridine rings is 2. The van der Waals surface area contributed by atoms with Gasteiger partial charge in [-0.3, -0.25) is 5.10 Å². The fourth-order valence-electron chi connectivity index (χ4n) is 6.08. The number of nitrogens with two attached hydrogens (primary N) is 3. The summed E-state index contributed by atoms with van der Waals surface area (Å²) in [5.41, 5.74) is 23.3. The fraction of sp³-hybridized carbons (Fsp3) is 0.385. The Balaban J connectivity index is 0.000000171. The number of rotatable bonds is 7. The van der Waals surface area contributed by atoms with Crippen LogP contribution < -0.4 is 22.5 Å². The van der Waals surface area contributed by atoms with Crippen LogP contribution in [0.2, 0.25) is 5.02 Å². The molecule has 2 aromatic carbocycles. The summed E-state index contributed by atoms with van der Waals surface area (Å²) < 4.78 is 18.3. The van der Waals surface area contributed by atoms with Crippen LogP contribution >= 0.6 is 11.6 Å². The molecular formula is C39H51ClN10O5. The lowest BCUT2D eigenvalue weighted by Gasteiger charge is -2.33. The summed E-state index contributed by atoms with van der Waals surface area (Å²) in [6.45, 7) is 5.42. The molecular weight excluding hydrogens is 724 g/mol. The van der Waals surface area contributed by atoms with Crippen molar-refractivity contribution in [2.45, 2.75) is 64.6 Å². The minimum absolute atomic E-state index is 0. The molecule has 0 saturated carbocycles. The molecule has 10 N–H and O–H groups in total. The van der Waals surface area contributed by atoms with Gasteiger partial charge >= 0.3 is 0 Å². The number of H-pyrrole nitrogens is 1. The van der Waals surface area contributed by atoms with E-state index in [0.717, 1.165) is 75.9 Å². The molecule has 0 aliphatic carbocycles. The second kappa shape index (κ2) is 18.6. The summed E-state index contributed by atoms with van der Waals surface area (Å²) in [4.78, 5) is 8.73. The van der Waals surface area contributed by atoms with E-state index in [2.05, 4.69) is 30.6 Å². The van der Waals surface area contributed by atoms with Crippen LogP contribution in [0.3, 0.4) is 0 Å². The van der Waals surface area contributed by atoms with Crippen molar-refractivity contribution >= 4 is 50.7 Å². The van der Waals surface area contributed by atoms with E-state index < -0.39 is 11.8 Å². The molecule has 1 unspecified atom stereocenters. The topological polar surface area (TPSA) is 231 Å². The van der Waals surface area contributed by atoms with E-state index in [0.29, 0.717) is 29.9 Å². The minimum Gasteiger partial charge on any atom is -0.394 e. The number of aromatic amines is 1. The van der Waals surface area contributed by atoms with Crippen molar-refractivity contribution in [2.75, 3.05) is 49.8 Å². The number of nitrogen functional groups attached to an aromatic ring is 2. The molecule has 0 bridgehead atoms. The van der Waals surface area contributed by atoms with Gasteiger partial charge in [0.15, 0.2) is 12.0 Å². The van der Waals surface area contributed by atoms with Gasteiger partial charge in [-0.05, 0) is 63.4 Å². The monoisotopic (exact) mass is 774 g/mol. The van der Waals surface area contributed by atoms with Crippen molar-refractivity contribution in [2.24, 2.45) is 5.73 Å². The van der Waals surface area contributed by atoms with Crippen LogP contribution in [0.25, 0.3) is 44.3 Å². The zero-order chi connectivity index (χ0) is 38.2. The van der Waals surface area contributed by atoms with E-state index in [1.807, 2.05) is 67.1 Å². The van der Waals surface area contributed by atoms with E-state index in [1.165, 1.54) is 0 Å². The fourth-order valence-corrected chi connectivity index (χ4v) is 6.35. The van der Waals surface area contributed by atoms with Crippen LogP contribution in [0.15, 0.2) is 73.1 Å². The molecule has 8 rings (SSSR count). The Labute approximate surface area is 325 Å². The lowest BCUT2D eigenvalue weighted by Crippen LogP contribution is -2.45. The highest BCUT2D eigenvalue weighted by Gasteiger charge is 2.26. The standard InChI is InChI=1S/C17H17ClN4O.C15H17N5O2.C6H13NO2.CH4/c18-13-10-16(19)21-14-9-11(4-5-12(13)14)15-6-7-20-22(15)17-3-1-2-8-23-17;16-15-6-14(18-10(7-21)8-22)11-2-1-9(5-13(11)19-15)12-3-4-17-20-12;1-6(2)8-3-5(7)4-9-6;/h4-7,9-10,17H,1-3,8H2,(H2,19,21);1-6,10,21-22H,7-8H2,(H,17,20)(H3,16,18,19);5H,3-4,7H2,1-2H3;1H4. The lowest BCUT2D eigenvalue weighted by atomic mass is 10.1. The van der Waals surface area contributed by atoms with Gasteiger partial charge < -0.3 is 46.9 Å². The molecule has 0 spiro atoms. The van der Waals surface area contributed by atoms with Crippen molar-refractivity contribution in [1.82, 2.24) is 29.9 Å². The van der Waals surface area contributed by atoms with Gasteiger partial charge in [0.05, 0.1) is 66.0 Å². The number of halogens is 1. The Bertz CT molecular complexity index is 2130. The summed E-state index contributed by atoms with van der Waals surface area (Å²) >= 11 is 6.24. The number of aromatic nitrogens is 6. The molecule has 294 valence electrons. The molecule has 1 atom stereocenters. The van der Waals surface area contributed by atoms with Crippen LogP contribution in [0.1, 0.15) is 46.8 Å². The summed E-state index contributed by atoms with van der Waals surface area (Å²) in [6.07, 6.45) is 6.75. The Morgan fingerprint density at radius 1 is 0.909 bits per heavy atom. The van der Waals surface area contributed by atoms with Gasteiger partial charge in [0.2, 0.25) is 0 Å². The van der Waals surface area contributed by atoms with E-state index in [4.69, 9.17) is 43.0 Å². The third kappa shape index (κ3) is 10.5. The first-order valence-electron chi connectivity index (χ1n) is 17.8. The minimum atomic E-state index is -0.447. The number of hydrogen-bond donors (Lipinski definition) is 7. The summed E-state index contributed by atoms with van der Waals surface area (Å²) in [5.74, 6) is 0.366. The average molecular weight is 775 g/mol. The van der Waals surface area contributed by atoms with Gasteiger partial charge in [-0.15, -0.1) is 0 Å². The molecule has 6 aromatic rings. The van der Waals surface area contributed by atoms with Gasteiger partial charge in [0.1, 0.15) is 11.6 Å². The second-order valence-electron chi connectivity index (χ2n) is 13.5. The van der Waals surface area contributed by atoms with E-state index >= 15 is 0 Å². The third-order valence-corrected chi connectivity index (χ3v) is 9.22. The van der Waals surface area contributed by atoms with Crippen molar-refractivity contribution in [3.8, 4) is 22.5 Å². The van der Waals surface area contributed by atoms with Crippen molar-refractivity contribution in [3.63, 3.8) is 0 Å². The Kier molecular flexibility index (Phi) is 14.0. The maximum Gasteiger partial charge on any atom is 0.162 e. The zero-order valence-electron chi connectivity index (χ0n) is 30.3. The average Bonchev–Trinajstić information content (AvgIpc) is 3.89. The maximum absolute atomic E-state index is 9.22. The van der Waals surface area contributed by atoms with Gasteiger partial charge in [0, 0.05) is 52.7 Å². The molecule has 2 aliphatic heterocycles. The van der Waals surface area contributed by atoms with E-state index in [1.54, 1.807) is 24.5 Å². The molecule has 0 radical (unpaired) electrons. The molecule has 55 heavy (non-hydrogen) atoms. The van der Waals surface area contributed by atoms with Crippen LogP contribution in [0.4, 0.5) is 17.3 Å². The largest absolute Gasteiger partial charge is 0.394 e. The number of ether oxygens (including phenoxy) is 3. The zero-order valence-corrected chi connectivity index (χ0v) is 31.0. The number of aliphatic hydroxyl groups is 2. The second-order valence-corrected chi connectivity index (χ2v) is 13.9. The number of anilines is 3. The Morgan fingerprint density at radius 3 is 2.24 bits per heavy atom.